The summed E-state index contributed by atoms with van der Waals surface area (Å²) >= 11 is 0. The zero-order valence-corrected chi connectivity index (χ0v) is 27.0. The Kier molecular flexibility index (Phi) is 17.0. The van der Waals surface area contributed by atoms with Crippen molar-refractivity contribution in [3.63, 3.8) is 0 Å². The van der Waals surface area contributed by atoms with Crippen LogP contribution in [0.3, 0.4) is 0 Å². The van der Waals surface area contributed by atoms with Gasteiger partial charge in [-0.05, 0) is 60.0 Å². The maximum Gasteiger partial charge on any atom is 0.253 e. The van der Waals surface area contributed by atoms with E-state index in [0.29, 0.717) is 44.3 Å². The molecule has 0 aliphatic carbocycles. The van der Waals surface area contributed by atoms with Gasteiger partial charge < -0.3 is 31.0 Å². The SMILES string of the molecule is CC.CC1CN(Cc2ccc(F)cc2)CCN1.CO.NC(c1cccc(O)c1)c1cccc(C(=O)N2CCN(CC=O)CC2)c1. The van der Waals surface area contributed by atoms with Gasteiger partial charge in [-0.2, -0.15) is 0 Å². The number of aliphatic hydroxyl groups is 1. The molecule has 10 heteroatoms. The zero-order valence-electron chi connectivity index (χ0n) is 27.0. The van der Waals surface area contributed by atoms with Crippen molar-refractivity contribution in [3.8, 4) is 5.75 Å². The van der Waals surface area contributed by atoms with Crippen LogP contribution in [0.2, 0.25) is 0 Å². The van der Waals surface area contributed by atoms with Crippen molar-refractivity contribution in [2.24, 2.45) is 5.73 Å². The van der Waals surface area contributed by atoms with Crippen LogP contribution in [0, 0.1) is 5.82 Å². The molecule has 5 rings (SSSR count). The fourth-order valence-corrected chi connectivity index (χ4v) is 5.20. The number of benzene rings is 3. The summed E-state index contributed by atoms with van der Waals surface area (Å²) in [5, 5.41) is 20.0. The number of hydrogen-bond donors (Lipinski definition) is 4. The Morgan fingerprint density at radius 3 is 2.18 bits per heavy atom. The third-order valence-corrected chi connectivity index (χ3v) is 7.49. The quantitative estimate of drug-likeness (QED) is 0.295. The van der Waals surface area contributed by atoms with E-state index in [9.17, 15) is 19.1 Å². The van der Waals surface area contributed by atoms with Gasteiger partial charge in [0, 0.05) is 71.1 Å². The minimum Gasteiger partial charge on any atom is -0.508 e. The number of amides is 1. The molecule has 2 saturated heterocycles. The Balaban J connectivity index is 0.000000315. The number of nitrogens with zero attached hydrogens (tertiary/aromatic N) is 3. The fourth-order valence-electron chi connectivity index (χ4n) is 5.20. The molecule has 0 saturated carbocycles. The smallest absolute Gasteiger partial charge is 0.253 e. The number of carbonyl (C=O) groups is 2. The third-order valence-electron chi connectivity index (χ3n) is 7.49. The van der Waals surface area contributed by atoms with E-state index in [1.807, 2.05) is 55.1 Å². The van der Waals surface area contributed by atoms with Gasteiger partial charge in [-0.25, -0.2) is 4.39 Å². The normalized spacial score (nSPS) is 17.3. The lowest BCUT2D eigenvalue weighted by Crippen LogP contribution is -2.49. The summed E-state index contributed by atoms with van der Waals surface area (Å²) in [6, 6.07) is 21.1. The topological polar surface area (TPSA) is 122 Å². The zero-order chi connectivity index (χ0) is 33.2. The van der Waals surface area contributed by atoms with Crippen molar-refractivity contribution in [1.29, 1.82) is 0 Å². The van der Waals surface area contributed by atoms with Crippen molar-refractivity contribution in [2.75, 3.05) is 59.5 Å². The highest BCUT2D eigenvalue weighted by atomic mass is 19.1. The molecule has 0 radical (unpaired) electrons. The lowest BCUT2D eigenvalue weighted by molar-refractivity contribution is -0.109. The number of hydrogen-bond acceptors (Lipinski definition) is 8. The van der Waals surface area contributed by atoms with Gasteiger partial charge in [0.05, 0.1) is 12.6 Å². The van der Waals surface area contributed by atoms with Gasteiger partial charge in [-0.1, -0.05) is 50.2 Å². The standard InChI is InChI=1S/C20H23N3O3.C12H17FN2.C2H6.CH4O/c21-19(16-4-2-6-18(25)14-16)15-3-1-5-17(13-15)20(26)23-9-7-22(8-10-23)11-12-24;1-10-8-15(7-6-14-10)9-11-2-4-12(13)5-3-11;2*1-2/h1-6,12-14,19,25H,7-11,21H2;2-5,10,14H,6-9H2,1H3;1-2H3;2H,1H3. The first-order valence-electron chi connectivity index (χ1n) is 15.6. The molecule has 3 aromatic rings. The predicted molar refractivity (Wildman–Crippen MR) is 178 cm³/mol. The highest BCUT2D eigenvalue weighted by Crippen LogP contribution is 2.24. The highest BCUT2D eigenvalue weighted by molar-refractivity contribution is 5.94. The van der Waals surface area contributed by atoms with Crippen molar-refractivity contribution in [2.45, 2.75) is 39.4 Å². The van der Waals surface area contributed by atoms with E-state index in [1.54, 1.807) is 29.2 Å². The lowest BCUT2D eigenvalue weighted by Gasteiger charge is -2.33. The Bertz CT molecular complexity index is 1290. The van der Waals surface area contributed by atoms with Gasteiger partial charge >= 0.3 is 0 Å². The molecule has 0 bridgehead atoms. The summed E-state index contributed by atoms with van der Waals surface area (Å²) in [6.45, 7) is 13.3. The molecule has 2 heterocycles. The molecule has 246 valence electrons. The van der Waals surface area contributed by atoms with Crippen molar-refractivity contribution in [1.82, 2.24) is 20.0 Å². The third kappa shape index (κ3) is 12.3. The molecule has 9 nitrogen and oxygen atoms in total. The van der Waals surface area contributed by atoms with Gasteiger partial charge in [-0.3, -0.25) is 14.6 Å². The summed E-state index contributed by atoms with van der Waals surface area (Å²) in [7, 11) is 1.00. The average Bonchev–Trinajstić information content (AvgIpc) is 3.08. The highest BCUT2D eigenvalue weighted by Gasteiger charge is 2.22. The number of piperazine rings is 2. The van der Waals surface area contributed by atoms with Crippen molar-refractivity contribution >= 4 is 12.2 Å². The first-order chi connectivity index (χ1) is 21.8. The van der Waals surface area contributed by atoms with E-state index in [0.717, 1.165) is 50.7 Å². The van der Waals surface area contributed by atoms with Crippen LogP contribution in [-0.4, -0.2) is 103 Å². The van der Waals surface area contributed by atoms with Crippen molar-refractivity contribution in [3.05, 3.63) is 101 Å². The number of aldehydes is 1. The van der Waals surface area contributed by atoms with E-state index in [1.165, 1.54) is 17.7 Å². The number of carbonyl (C=O) groups excluding carboxylic acids is 2. The number of rotatable bonds is 7. The van der Waals surface area contributed by atoms with Crippen LogP contribution in [0.5, 0.6) is 5.75 Å². The molecule has 1 amide bonds. The van der Waals surface area contributed by atoms with Gasteiger partial charge in [0.15, 0.2) is 0 Å². The Labute approximate surface area is 267 Å². The van der Waals surface area contributed by atoms with E-state index < -0.39 is 6.04 Å². The molecule has 0 aromatic heterocycles. The summed E-state index contributed by atoms with van der Waals surface area (Å²) in [5.74, 6) is -0.0217. The van der Waals surface area contributed by atoms with E-state index in [2.05, 4.69) is 17.1 Å². The molecule has 2 aliphatic rings. The van der Waals surface area contributed by atoms with Gasteiger partial charge in [0.25, 0.3) is 5.91 Å². The number of phenols is 1. The number of phenolic OH excluding ortho intramolecular Hbond substituents is 1. The van der Waals surface area contributed by atoms with Crippen molar-refractivity contribution < 1.29 is 24.2 Å². The second-order valence-electron chi connectivity index (χ2n) is 10.7. The predicted octanol–water partition coefficient (Wildman–Crippen LogP) is 3.65. The monoisotopic (exact) mass is 623 g/mol. The van der Waals surface area contributed by atoms with E-state index >= 15 is 0 Å². The van der Waals surface area contributed by atoms with Crippen LogP contribution >= 0.6 is 0 Å². The van der Waals surface area contributed by atoms with E-state index in [4.69, 9.17) is 10.8 Å². The minimum atomic E-state index is -0.417. The maximum atomic E-state index is 12.8. The first kappa shape index (κ1) is 37.5. The second-order valence-corrected chi connectivity index (χ2v) is 10.7. The van der Waals surface area contributed by atoms with Crippen LogP contribution < -0.4 is 11.1 Å². The van der Waals surface area contributed by atoms with Crippen LogP contribution in [0.25, 0.3) is 0 Å². The van der Waals surface area contributed by atoms with Crippen LogP contribution in [0.15, 0.2) is 72.8 Å². The molecule has 2 atom stereocenters. The number of nitrogens with two attached hydrogens (primary N) is 1. The Morgan fingerprint density at radius 1 is 0.956 bits per heavy atom. The lowest BCUT2D eigenvalue weighted by atomic mass is 9.97. The summed E-state index contributed by atoms with van der Waals surface area (Å²) in [6.07, 6.45) is 0.893. The summed E-state index contributed by atoms with van der Waals surface area (Å²) < 4.78 is 12.7. The number of nitrogens with one attached hydrogen (secondary N) is 1. The van der Waals surface area contributed by atoms with Crippen LogP contribution in [0.4, 0.5) is 4.39 Å². The van der Waals surface area contributed by atoms with E-state index in [-0.39, 0.29) is 17.5 Å². The number of halogens is 1. The average molecular weight is 624 g/mol. The Hall–Kier alpha value is -3.67. The van der Waals surface area contributed by atoms with Gasteiger partial charge in [-0.15, -0.1) is 0 Å². The molecular weight excluding hydrogens is 573 g/mol. The first-order valence-corrected chi connectivity index (χ1v) is 15.6. The second kappa shape index (κ2) is 20.4. The molecule has 3 aromatic carbocycles. The molecule has 2 unspecified atom stereocenters. The molecule has 2 fully saturated rings. The molecule has 45 heavy (non-hydrogen) atoms. The Morgan fingerprint density at radius 2 is 1.58 bits per heavy atom. The summed E-state index contributed by atoms with van der Waals surface area (Å²) in [4.78, 5) is 29.6. The minimum absolute atomic E-state index is 0.0271. The molecule has 2 aliphatic heterocycles. The number of aliphatic hydroxyl groups excluding tert-OH is 1. The molecule has 0 spiro atoms. The molecular formula is C35H50FN5O4. The van der Waals surface area contributed by atoms with Gasteiger partial charge in [0.1, 0.15) is 17.9 Å². The fraction of sp³-hybridized carbons (Fsp3) is 0.429. The maximum absolute atomic E-state index is 12.8. The largest absolute Gasteiger partial charge is 0.508 e. The summed E-state index contributed by atoms with van der Waals surface area (Å²) in [5.41, 5.74) is 9.70. The van der Waals surface area contributed by atoms with Crippen LogP contribution in [-0.2, 0) is 11.3 Å². The van der Waals surface area contributed by atoms with Crippen LogP contribution in [0.1, 0.15) is 53.9 Å². The number of aromatic hydroxyl groups is 1. The van der Waals surface area contributed by atoms with Gasteiger partial charge in [0.2, 0.25) is 0 Å². The molecule has 5 N–H and O–H groups in total.